The first kappa shape index (κ1) is 21.8. The van der Waals surface area contributed by atoms with Crippen molar-refractivity contribution in [1.82, 2.24) is 4.57 Å². The molecule has 6 nitrogen and oxygen atoms in total. The number of carbonyl (C=O) groups is 1. The number of carboxylic acids is 1. The van der Waals surface area contributed by atoms with E-state index in [0.29, 0.717) is 16.3 Å². The van der Waals surface area contributed by atoms with Crippen LogP contribution in [0.5, 0.6) is 0 Å². The van der Waals surface area contributed by atoms with E-state index >= 15 is 0 Å². The number of thiophene rings is 2. The number of hydrogen-bond acceptors (Lipinski definition) is 6. The fourth-order valence-electron chi connectivity index (χ4n) is 4.25. The van der Waals surface area contributed by atoms with Crippen LogP contribution in [-0.4, -0.2) is 15.6 Å². The second-order valence-corrected chi connectivity index (χ2v) is 9.93. The van der Waals surface area contributed by atoms with Gasteiger partial charge in [-0.2, -0.15) is 5.26 Å². The summed E-state index contributed by atoms with van der Waals surface area (Å²) in [5, 5.41) is 20.5. The van der Waals surface area contributed by atoms with Crippen LogP contribution in [0.2, 0.25) is 0 Å². The highest BCUT2D eigenvalue weighted by Gasteiger charge is 2.17. The third-order valence-corrected chi connectivity index (χ3v) is 8.23. The third kappa shape index (κ3) is 3.52. The summed E-state index contributed by atoms with van der Waals surface area (Å²) >= 11 is 2.88. The highest BCUT2D eigenvalue weighted by molar-refractivity contribution is 7.25. The molecular formula is C26H20N4O2S2. The maximum atomic E-state index is 11.2. The number of para-hydroxylation sites is 1. The van der Waals surface area contributed by atoms with Gasteiger partial charge >= 0.3 is 5.97 Å². The van der Waals surface area contributed by atoms with Crippen LogP contribution in [0.25, 0.3) is 48.1 Å². The lowest BCUT2D eigenvalue weighted by atomic mass is 10.1. The predicted molar refractivity (Wildman–Crippen MR) is 142 cm³/mol. The molecule has 3 heterocycles. The molecule has 0 amide bonds. The molecule has 0 radical (unpaired) electrons. The summed E-state index contributed by atoms with van der Waals surface area (Å²) in [6.07, 6.45) is 1.34. The molecular weight excluding hydrogens is 464 g/mol. The number of nitrogens with two attached hydrogens (primary N) is 2. The van der Waals surface area contributed by atoms with Gasteiger partial charge in [0.15, 0.2) is 0 Å². The Balaban J connectivity index is 1.59. The lowest BCUT2D eigenvalue weighted by Gasteiger charge is -2.04. The Hall–Kier alpha value is -4.06. The Morgan fingerprint density at radius 2 is 1.76 bits per heavy atom. The lowest BCUT2D eigenvalue weighted by molar-refractivity contribution is -0.132. The van der Waals surface area contributed by atoms with Crippen LogP contribution in [-0.2, 0) is 11.3 Å². The Labute approximate surface area is 203 Å². The average molecular weight is 485 g/mol. The molecule has 5 N–H and O–H groups in total. The van der Waals surface area contributed by atoms with Crippen molar-refractivity contribution in [2.75, 3.05) is 11.5 Å². The number of nitrogens with zero attached hydrogens (tertiary/aromatic N) is 2. The van der Waals surface area contributed by atoms with Gasteiger partial charge in [-0.25, -0.2) is 4.79 Å². The first-order chi connectivity index (χ1) is 16.4. The van der Waals surface area contributed by atoms with Crippen molar-refractivity contribution in [2.24, 2.45) is 0 Å². The summed E-state index contributed by atoms with van der Waals surface area (Å²) in [7, 11) is 0. The number of aliphatic carboxylic acids is 1. The third-order valence-electron chi connectivity index (χ3n) is 5.75. The van der Waals surface area contributed by atoms with E-state index in [0.717, 1.165) is 26.7 Å². The van der Waals surface area contributed by atoms with Crippen LogP contribution < -0.4 is 11.5 Å². The van der Waals surface area contributed by atoms with Crippen molar-refractivity contribution in [2.45, 2.75) is 13.5 Å². The van der Waals surface area contributed by atoms with E-state index in [1.807, 2.05) is 6.07 Å². The van der Waals surface area contributed by atoms with E-state index in [1.54, 1.807) is 23.5 Å². The van der Waals surface area contributed by atoms with Crippen molar-refractivity contribution in [3.63, 3.8) is 0 Å². The molecule has 0 aliphatic rings. The van der Waals surface area contributed by atoms with E-state index in [-0.39, 0.29) is 5.57 Å². The van der Waals surface area contributed by atoms with Gasteiger partial charge in [-0.05, 0) is 48.9 Å². The molecule has 168 valence electrons. The van der Waals surface area contributed by atoms with Crippen LogP contribution in [0.1, 0.15) is 11.8 Å². The van der Waals surface area contributed by atoms with Crippen molar-refractivity contribution in [3.8, 4) is 26.3 Å². The first-order valence-electron chi connectivity index (χ1n) is 10.6. The van der Waals surface area contributed by atoms with Crippen LogP contribution in [0.4, 0.5) is 11.4 Å². The topological polar surface area (TPSA) is 118 Å². The largest absolute Gasteiger partial charge is 0.477 e. The van der Waals surface area contributed by atoms with Gasteiger partial charge in [-0.1, -0.05) is 24.3 Å². The maximum absolute atomic E-state index is 11.2. The zero-order chi connectivity index (χ0) is 24.0. The summed E-state index contributed by atoms with van der Waals surface area (Å²) < 4.78 is 2.31. The highest BCUT2D eigenvalue weighted by atomic mass is 32.1. The molecule has 34 heavy (non-hydrogen) atoms. The Morgan fingerprint density at radius 1 is 1.03 bits per heavy atom. The maximum Gasteiger partial charge on any atom is 0.346 e. The molecule has 0 unspecified atom stereocenters. The molecule has 0 fully saturated rings. The van der Waals surface area contributed by atoms with E-state index in [9.17, 15) is 4.79 Å². The summed E-state index contributed by atoms with van der Waals surface area (Å²) in [5.74, 6) is -1.27. The minimum absolute atomic E-state index is 0.335. The van der Waals surface area contributed by atoms with Crippen LogP contribution in [0.3, 0.4) is 0 Å². The fourth-order valence-corrected chi connectivity index (χ4v) is 6.47. The van der Waals surface area contributed by atoms with E-state index in [4.69, 9.17) is 21.8 Å². The molecule has 0 aliphatic heterocycles. The minimum Gasteiger partial charge on any atom is -0.477 e. The minimum atomic E-state index is -1.27. The number of anilines is 2. The first-order valence-corrected chi connectivity index (χ1v) is 12.2. The standard InChI is InChI=1S/C26H20N4O2S2/c1-2-30-21-6-4-3-5-17(21)18-10-14(7-8-22(18)30)24-20(29)12-23(34-24)25-19(28)11-16(33-25)9-15(13-27)26(31)32/h3-12H,2,28-29H2,1H3,(H,31,32)/b15-9+. The van der Waals surface area contributed by atoms with E-state index in [1.165, 1.54) is 39.2 Å². The van der Waals surface area contributed by atoms with Gasteiger partial charge in [0.2, 0.25) is 0 Å². The molecule has 2 aromatic carbocycles. The fraction of sp³-hybridized carbons (Fsp3) is 0.0769. The Kier molecular flexibility index (Phi) is 5.36. The molecule has 0 aliphatic carbocycles. The number of fused-ring (bicyclic) bond motifs is 3. The summed E-state index contributed by atoms with van der Waals surface area (Å²) in [6, 6.07) is 20.1. The number of nitrogen functional groups attached to an aromatic ring is 2. The van der Waals surface area contributed by atoms with Crippen molar-refractivity contribution >= 4 is 67.9 Å². The molecule has 5 aromatic rings. The Morgan fingerprint density at radius 3 is 2.50 bits per heavy atom. The van der Waals surface area contributed by atoms with Crippen LogP contribution >= 0.6 is 22.7 Å². The van der Waals surface area contributed by atoms with Crippen LogP contribution in [0.15, 0.2) is 60.2 Å². The second kappa shape index (κ2) is 8.37. The summed E-state index contributed by atoms with van der Waals surface area (Å²) in [4.78, 5) is 14.4. The molecule has 8 heteroatoms. The normalized spacial score (nSPS) is 11.8. The van der Waals surface area contributed by atoms with Crippen molar-refractivity contribution < 1.29 is 9.90 Å². The highest BCUT2D eigenvalue weighted by Crippen LogP contribution is 2.46. The van der Waals surface area contributed by atoms with Crippen molar-refractivity contribution in [1.29, 1.82) is 5.26 Å². The zero-order valence-corrected chi connectivity index (χ0v) is 19.8. The number of benzene rings is 2. The zero-order valence-electron chi connectivity index (χ0n) is 18.2. The van der Waals surface area contributed by atoms with E-state index < -0.39 is 5.97 Å². The molecule has 0 atom stereocenters. The summed E-state index contributed by atoms with van der Waals surface area (Å²) in [6.45, 7) is 3.03. The average Bonchev–Trinajstić information content (AvgIpc) is 3.49. The number of rotatable bonds is 5. The van der Waals surface area contributed by atoms with Crippen molar-refractivity contribution in [3.05, 3.63) is 65.0 Å². The molecule has 5 rings (SSSR count). The van der Waals surface area contributed by atoms with Gasteiger partial charge in [0.1, 0.15) is 11.6 Å². The van der Waals surface area contributed by atoms with Gasteiger partial charge < -0.3 is 21.1 Å². The molecule has 0 bridgehead atoms. The second-order valence-electron chi connectivity index (χ2n) is 7.80. The molecule has 0 saturated heterocycles. The number of carboxylic acid groups (broad SMARTS) is 1. The van der Waals surface area contributed by atoms with E-state index in [2.05, 4.69) is 54.0 Å². The van der Waals surface area contributed by atoms with Gasteiger partial charge in [-0.3, -0.25) is 0 Å². The molecule has 0 spiro atoms. The SMILES string of the molecule is CCn1c2ccccc2c2cc(-c3sc(-c4sc(/C=C(\C#N)C(=O)O)cc4N)cc3N)ccc21. The lowest BCUT2D eigenvalue weighted by Crippen LogP contribution is -1.96. The van der Waals surface area contributed by atoms with Gasteiger partial charge in [0.25, 0.3) is 0 Å². The quantitative estimate of drug-likeness (QED) is 0.196. The number of aromatic nitrogens is 1. The monoisotopic (exact) mass is 484 g/mol. The van der Waals surface area contributed by atoms with Crippen LogP contribution in [0, 0.1) is 11.3 Å². The predicted octanol–water partition coefficient (Wildman–Crippen LogP) is 6.43. The number of aryl methyl sites for hydroxylation is 1. The van der Waals surface area contributed by atoms with Gasteiger partial charge in [0.05, 0.1) is 21.1 Å². The smallest absolute Gasteiger partial charge is 0.346 e. The number of hydrogen-bond donors (Lipinski definition) is 3. The Bertz CT molecular complexity index is 1660. The summed E-state index contributed by atoms with van der Waals surface area (Å²) in [5.41, 5.74) is 16.9. The van der Waals surface area contributed by atoms with Gasteiger partial charge in [-0.15, -0.1) is 22.7 Å². The van der Waals surface area contributed by atoms with Gasteiger partial charge in [0, 0.05) is 38.1 Å². The molecule has 3 aromatic heterocycles. The number of nitriles is 1. The molecule has 0 saturated carbocycles.